The first kappa shape index (κ1) is 12.8. The van der Waals surface area contributed by atoms with E-state index < -0.39 is 12.1 Å². The fourth-order valence-corrected chi connectivity index (χ4v) is 1.02. The van der Waals surface area contributed by atoms with Crippen molar-refractivity contribution in [2.75, 3.05) is 12.4 Å². The van der Waals surface area contributed by atoms with Crippen LogP contribution in [0.25, 0.3) is 0 Å². The number of halogens is 1. The Labute approximate surface area is 100 Å². The summed E-state index contributed by atoms with van der Waals surface area (Å²) in [5, 5.41) is 23.8. The number of rotatable bonds is 2. The molecule has 0 saturated carbocycles. The van der Waals surface area contributed by atoms with E-state index in [4.69, 9.17) is 26.7 Å². The molecule has 4 N–H and O–H groups in total. The van der Waals surface area contributed by atoms with Gasteiger partial charge in [-0.15, -0.1) is 0 Å². The van der Waals surface area contributed by atoms with Gasteiger partial charge in [0.05, 0.1) is 13.3 Å². The summed E-state index contributed by atoms with van der Waals surface area (Å²) in [5.41, 5.74) is 0. The lowest BCUT2D eigenvalue weighted by Crippen LogP contribution is -2.35. The Bertz CT molecular complexity index is 452. The van der Waals surface area contributed by atoms with Crippen molar-refractivity contribution in [1.82, 2.24) is 15.3 Å². The van der Waals surface area contributed by atoms with E-state index in [0.717, 1.165) is 0 Å². The maximum absolute atomic E-state index is 10.3. The van der Waals surface area contributed by atoms with E-state index in [0.29, 0.717) is 0 Å². The van der Waals surface area contributed by atoms with Gasteiger partial charge in [0.15, 0.2) is 11.6 Å². The Morgan fingerprint density at radius 2 is 2.35 bits per heavy atom. The molecule has 9 nitrogen and oxygen atoms in total. The molecular formula is C7H8ClN5O4. The molecule has 0 atom stereocenters. The van der Waals surface area contributed by atoms with Crippen molar-refractivity contribution >= 4 is 29.5 Å². The number of amides is 1. The number of aromatic nitrogens is 2. The summed E-state index contributed by atoms with van der Waals surface area (Å²) in [4.78, 5) is 17.7. The van der Waals surface area contributed by atoms with Crippen molar-refractivity contribution in [3.63, 3.8) is 0 Å². The van der Waals surface area contributed by atoms with Crippen molar-refractivity contribution in [2.24, 2.45) is 5.16 Å². The molecule has 1 aromatic heterocycles. The molecule has 0 aliphatic rings. The number of carboxylic acid groups (broad SMARTS) is 1. The number of anilines is 1. The van der Waals surface area contributed by atoms with Gasteiger partial charge in [0.25, 0.3) is 0 Å². The normalized spacial score (nSPS) is 10.8. The van der Waals surface area contributed by atoms with Crippen molar-refractivity contribution in [3.8, 4) is 5.75 Å². The summed E-state index contributed by atoms with van der Waals surface area (Å²) in [5.74, 6) is -0.206. The standard InChI is InChI=1S/C7H8ClN5O4/c1-17-3-2-9-5(8)10-4(3)11-6(13-16)12-7(14)15/h2,16H,1H3,(H,14,15)(H2,9,10,11,12,13). The second kappa shape index (κ2) is 5.70. The van der Waals surface area contributed by atoms with Gasteiger partial charge in [-0.25, -0.2) is 9.78 Å². The SMILES string of the molecule is COc1cnc(Cl)nc1N/C(=N\O)NC(=O)O. The highest BCUT2D eigenvalue weighted by Crippen LogP contribution is 2.21. The van der Waals surface area contributed by atoms with Gasteiger partial charge in [0, 0.05) is 0 Å². The molecule has 1 amide bonds. The maximum atomic E-state index is 10.3. The number of hydrogen-bond acceptors (Lipinski definition) is 6. The fraction of sp³-hybridized carbons (Fsp3) is 0.143. The third-order valence-corrected chi connectivity index (χ3v) is 1.69. The minimum atomic E-state index is -1.41. The van der Waals surface area contributed by atoms with Crippen LogP contribution in [0.2, 0.25) is 5.28 Å². The van der Waals surface area contributed by atoms with Crippen LogP contribution in [0.1, 0.15) is 0 Å². The lowest BCUT2D eigenvalue weighted by molar-refractivity contribution is 0.199. The first-order valence-electron chi connectivity index (χ1n) is 4.12. The van der Waals surface area contributed by atoms with Gasteiger partial charge in [0.1, 0.15) is 0 Å². The van der Waals surface area contributed by atoms with Crippen molar-refractivity contribution in [1.29, 1.82) is 0 Å². The van der Waals surface area contributed by atoms with Gasteiger partial charge in [-0.1, -0.05) is 5.16 Å². The zero-order chi connectivity index (χ0) is 12.8. The molecule has 1 aromatic rings. The largest absolute Gasteiger partial charge is 0.491 e. The van der Waals surface area contributed by atoms with Crippen LogP contribution in [0.15, 0.2) is 11.4 Å². The van der Waals surface area contributed by atoms with Gasteiger partial charge in [0.2, 0.25) is 11.2 Å². The average molecular weight is 262 g/mol. The van der Waals surface area contributed by atoms with E-state index in [1.807, 2.05) is 0 Å². The number of nitrogens with zero attached hydrogens (tertiary/aromatic N) is 3. The molecule has 0 spiro atoms. The second-order valence-corrected chi connectivity index (χ2v) is 2.90. The Kier molecular flexibility index (Phi) is 4.29. The Hall–Kier alpha value is -2.29. The van der Waals surface area contributed by atoms with Crippen molar-refractivity contribution in [2.45, 2.75) is 0 Å². The van der Waals surface area contributed by atoms with Crippen LogP contribution in [-0.2, 0) is 0 Å². The van der Waals surface area contributed by atoms with Crippen LogP contribution in [0.5, 0.6) is 5.75 Å². The molecule has 1 rings (SSSR count). The smallest absolute Gasteiger partial charge is 0.411 e. The van der Waals surface area contributed by atoms with E-state index in [9.17, 15) is 4.79 Å². The van der Waals surface area contributed by atoms with Gasteiger partial charge >= 0.3 is 6.09 Å². The third-order valence-electron chi connectivity index (χ3n) is 1.51. The summed E-state index contributed by atoms with van der Waals surface area (Å²) < 4.78 is 4.89. The highest BCUT2D eigenvalue weighted by atomic mass is 35.5. The first-order chi connectivity index (χ1) is 8.06. The van der Waals surface area contributed by atoms with Gasteiger partial charge in [-0.05, 0) is 11.6 Å². The lowest BCUT2D eigenvalue weighted by Gasteiger charge is -2.09. The quantitative estimate of drug-likeness (QED) is 0.201. The van der Waals surface area contributed by atoms with Crippen LogP contribution < -0.4 is 15.4 Å². The van der Waals surface area contributed by atoms with E-state index in [1.54, 1.807) is 5.32 Å². The minimum Gasteiger partial charge on any atom is -0.491 e. The second-order valence-electron chi connectivity index (χ2n) is 2.56. The Balaban J connectivity index is 2.92. The van der Waals surface area contributed by atoms with Crippen molar-refractivity contribution < 1.29 is 19.8 Å². The molecule has 0 aliphatic heterocycles. The molecule has 1 heterocycles. The number of oxime groups is 1. The van der Waals surface area contributed by atoms with Crippen molar-refractivity contribution in [3.05, 3.63) is 11.5 Å². The lowest BCUT2D eigenvalue weighted by atomic mass is 10.5. The molecule has 0 aliphatic carbocycles. The van der Waals surface area contributed by atoms with Crippen LogP contribution in [0.4, 0.5) is 10.6 Å². The Morgan fingerprint density at radius 3 is 2.88 bits per heavy atom. The summed E-state index contributed by atoms with van der Waals surface area (Å²) in [6, 6.07) is 0. The topological polar surface area (TPSA) is 129 Å². The third kappa shape index (κ3) is 3.65. The molecule has 92 valence electrons. The number of guanidine groups is 1. The minimum absolute atomic E-state index is 0.0500. The van der Waals surface area contributed by atoms with Crippen LogP contribution in [0, 0.1) is 0 Å². The molecule has 0 aromatic carbocycles. The van der Waals surface area contributed by atoms with Gasteiger partial charge in [-0.2, -0.15) is 4.98 Å². The molecule has 0 saturated heterocycles. The van der Waals surface area contributed by atoms with Gasteiger partial charge in [-0.3, -0.25) is 5.32 Å². The van der Waals surface area contributed by atoms with E-state index >= 15 is 0 Å². The highest BCUT2D eigenvalue weighted by Gasteiger charge is 2.11. The van der Waals surface area contributed by atoms with Gasteiger partial charge < -0.3 is 20.4 Å². The molecule has 0 unspecified atom stereocenters. The fourth-order valence-electron chi connectivity index (χ4n) is 0.883. The average Bonchev–Trinajstić information content (AvgIpc) is 2.28. The van der Waals surface area contributed by atoms with Crippen LogP contribution in [-0.4, -0.2) is 39.4 Å². The predicted molar refractivity (Wildman–Crippen MR) is 57.6 cm³/mol. The molecule has 0 bridgehead atoms. The number of nitrogens with one attached hydrogen (secondary N) is 2. The molecule has 0 fully saturated rings. The zero-order valence-electron chi connectivity index (χ0n) is 8.51. The predicted octanol–water partition coefficient (Wildman–Crippen LogP) is 0.563. The van der Waals surface area contributed by atoms with E-state index in [2.05, 4.69) is 20.4 Å². The maximum Gasteiger partial charge on any atom is 0.411 e. The van der Waals surface area contributed by atoms with E-state index in [1.165, 1.54) is 13.3 Å². The van der Waals surface area contributed by atoms with Crippen LogP contribution in [0.3, 0.4) is 0 Å². The van der Waals surface area contributed by atoms with E-state index in [-0.39, 0.29) is 16.9 Å². The highest BCUT2D eigenvalue weighted by molar-refractivity contribution is 6.28. The molecule has 17 heavy (non-hydrogen) atoms. The zero-order valence-corrected chi connectivity index (χ0v) is 9.26. The number of carbonyl (C=O) groups is 1. The monoisotopic (exact) mass is 261 g/mol. The summed E-state index contributed by atoms with van der Waals surface area (Å²) in [6.45, 7) is 0. The summed E-state index contributed by atoms with van der Waals surface area (Å²) in [7, 11) is 1.36. The number of ether oxygens (including phenoxy) is 1. The first-order valence-corrected chi connectivity index (χ1v) is 4.50. The molecule has 10 heteroatoms. The van der Waals surface area contributed by atoms with Crippen LogP contribution >= 0.6 is 11.6 Å². The number of methoxy groups -OCH3 is 1. The number of hydrogen-bond donors (Lipinski definition) is 4. The molecule has 0 radical (unpaired) electrons. The summed E-state index contributed by atoms with van der Waals surface area (Å²) in [6.07, 6.45) is -0.141. The Morgan fingerprint density at radius 1 is 1.65 bits per heavy atom. The summed E-state index contributed by atoms with van der Waals surface area (Å²) >= 11 is 5.55. The molecular weight excluding hydrogens is 254 g/mol.